The van der Waals surface area contributed by atoms with E-state index in [1.165, 1.54) is 38.5 Å². The Balaban J connectivity index is 1.40. The lowest BCUT2D eigenvalue weighted by atomic mass is 9.83. The summed E-state index contributed by atoms with van der Waals surface area (Å²) in [4.78, 5) is 25.3. The van der Waals surface area contributed by atoms with Gasteiger partial charge in [0.2, 0.25) is 5.91 Å². The number of phenolic OH excluding ortho intramolecular Hbond substituents is 1. The average Bonchev–Trinajstić information content (AvgIpc) is 3.38. The molecule has 1 aliphatic heterocycles. The molecule has 1 heterocycles. The number of aromatic hydroxyl groups is 1. The average molecular weight is 487 g/mol. The molecule has 0 radical (unpaired) electrons. The zero-order valence-electron chi connectivity index (χ0n) is 22.5. The highest BCUT2D eigenvalue weighted by atomic mass is 16.5. The molecule has 1 aliphatic carbocycles. The van der Waals surface area contributed by atoms with Gasteiger partial charge in [0.25, 0.3) is 5.91 Å². The highest BCUT2D eigenvalue weighted by Crippen LogP contribution is 2.43. The van der Waals surface area contributed by atoms with Crippen molar-refractivity contribution >= 4 is 11.8 Å². The van der Waals surface area contributed by atoms with Gasteiger partial charge in [-0.1, -0.05) is 45.4 Å². The summed E-state index contributed by atoms with van der Waals surface area (Å²) in [6, 6.07) is 0. The third kappa shape index (κ3) is 6.50. The molecule has 3 N–H and O–H groups in total. The lowest BCUT2D eigenvalue weighted by Crippen LogP contribution is -2.52. The molecule has 6 heteroatoms. The van der Waals surface area contributed by atoms with Crippen LogP contribution in [0.1, 0.15) is 100 Å². The van der Waals surface area contributed by atoms with Gasteiger partial charge in [-0.05, 0) is 75.5 Å². The molecule has 0 bridgehead atoms. The zero-order valence-corrected chi connectivity index (χ0v) is 22.5. The fraction of sp³-hybridized carbons (Fsp3) is 0.724. The van der Waals surface area contributed by atoms with E-state index in [2.05, 4.69) is 17.6 Å². The van der Waals surface area contributed by atoms with Crippen LogP contribution in [0.3, 0.4) is 0 Å². The first-order valence-corrected chi connectivity index (χ1v) is 13.7. The molecule has 2 unspecified atom stereocenters. The number of nitrogens with one attached hydrogen (secondary N) is 2. The van der Waals surface area contributed by atoms with Crippen LogP contribution in [-0.4, -0.2) is 35.6 Å². The number of carbonyl (C=O) groups is 2. The SMILES string of the molecule is CCCC(CCCC(=O)NCCNC(=O)C1(C)CCc2c(C)c(O)c(C)c(C)c2O1)C1CCCC1. The lowest BCUT2D eigenvalue weighted by Gasteiger charge is -2.36. The van der Waals surface area contributed by atoms with Crippen LogP contribution in [0.15, 0.2) is 0 Å². The van der Waals surface area contributed by atoms with Crippen LogP contribution >= 0.6 is 0 Å². The Morgan fingerprint density at radius 3 is 2.43 bits per heavy atom. The molecule has 1 fully saturated rings. The molecule has 2 aliphatic rings. The smallest absolute Gasteiger partial charge is 0.263 e. The van der Waals surface area contributed by atoms with Crippen molar-refractivity contribution in [2.75, 3.05) is 13.1 Å². The van der Waals surface area contributed by atoms with Gasteiger partial charge in [-0.2, -0.15) is 0 Å². The van der Waals surface area contributed by atoms with Gasteiger partial charge >= 0.3 is 0 Å². The topological polar surface area (TPSA) is 87.7 Å². The second kappa shape index (κ2) is 12.1. The number of carbonyl (C=O) groups excluding carboxylic acids is 2. The van der Waals surface area contributed by atoms with E-state index in [4.69, 9.17) is 4.74 Å². The van der Waals surface area contributed by atoms with Crippen LogP contribution in [0, 0.1) is 32.6 Å². The largest absolute Gasteiger partial charge is 0.507 e. The van der Waals surface area contributed by atoms with Crippen molar-refractivity contribution in [3.05, 3.63) is 22.3 Å². The number of amides is 2. The Bertz CT molecular complexity index is 907. The molecule has 0 aromatic heterocycles. The van der Waals surface area contributed by atoms with Gasteiger partial charge in [0.1, 0.15) is 11.5 Å². The first kappa shape index (κ1) is 27.3. The normalized spacial score (nSPS) is 20.7. The molecule has 3 rings (SSSR count). The summed E-state index contributed by atoms with van der Waals surface area (Å²) in [5.41, 5.74) is 2.52. The van der Waals surface area contributed by atoms with E-state index in [0.717, 1.165) is 46.9 Å². The maximum absolute atomic E-state index is 13.0. The van der Waals surface area contributed by atoms with Gasteiger partial charge < -0.3 is 20.5 Å². The Morgan fingerprint density at radius 2 is 1.74 bits per heavy atom. The van der Waals surface area contributed by atoms with Crippen molar-refractivity contribution in [1.82, 2.24) is 10.6 Å². The summed E-state index contributed by atoms with van der Waals surface area (Å²) < 4.78 is 6.23. The molecule has 2 atom stereocenters. The van der Waals surface area contributed by atoms with Crippen molar-refractivity contribution in [3.63, 3.8) is 0 Å². The number of hydrogen-bond donors (Lipinski definition) is 3. The Hall–Kier alpha value is -2.24. The van der Waals surface area contributed by atoms with Gasteiger partial charge in [0, 0.05) is 31.5 Å². The molecule has 0 spiro atoms. The molecule has 35 heavy (non-hydrogen) atoms. The molecule has 0 saturated heterocycles. The predicted octanol–water partition coefficient (Wildman–Crippen LogP) is 5.41. The number of rotatable bonds is 11. The van der Waals surface area contributed by atoms with Crippen molar-refractivity contribution in [1.29, 1.82) is 0 Å². The minimum Gasteiger partial charge on any atom is -0.507 e. The van der Waals surface area contributed by atoms with Crippen LogP contribution in [0.25, 0.3) is 0 Å². The molecular weight excluding hydrogens is 440 g/mol. The third-order valence-corrected chi connectivity index (χ3v) is 8.44. The minimum atomic E-state index is -0.966. The maximum atomic E-state index is 13.0. The summed E-state index contributed by atoms with van der Waals surface area (Å²) in [5.74, 6) is 2.57. The van der Waals surface area contributed by atoms with Gasteiger partial charge in [0.15, 0.2) is 5.60 Å². The Kier molecular flexibility index (Phi) is 9.48. The molecular formula is C29H46N2O4. The lowest BCUT2D eigenvalue weighted by molar-refractivity contribution is -0.137. The first-order chi connectivity index (χ1) is 16.7. The minimum absolute atomic E-state index is 0.0661. The molecule has 1 aromatic rings. The van der Waals surface area contributed by atoms with E-state index in [9.17, 15) is 14.7 Å². The molecule has 6 nitrogen and oxygen atoms in total. The fourth-order valence-electron chi connectivity index (χ4n) is 6.00. The zero-order chi connectivity index (χ0) is 25.6. The van der Waals surface area contributed by atoms with Gasteiger partial charge in [0.05, 0.1) is 0 Å². The molecule has 2 amide bonds. The maximum Gasteiger partial charge on any atom is 0.263 e. The molecule has 196 valence electrons. The van der Waals surface area contributed by atoms with E-state index in [1.807, 2.05) is 27.7 Å². The molecule has 1 aromatic carbocycles. The number of ether oxygens (including phenoxy) is 1. The van der Waals surface area contributed by atoms with Gasteiger partial charge in [-0.15, -0.1) is 0 Å². The van der Waals surface area contributed by atoms with Gasteiger partial charge in [-0.25, -0.2) is 0 Å². The van der Waals surface area contributed by atoms with Crippen LogP contribution < -0.4 is 15.4 Å². The van der Waals surface area contributed by atoms with Crippen molar-refractivity contribution in [3.8, 4) is 11.5 Å². The Labute approximate surface area is 211 Å². The molecule has 1 saturated carbocycles. The number of phenols is 1. The van der Waals surface area contributed by atoms with Crippen molar-refractivity contribution in [2.45, 2.75) is 111 Å². The highest BCUT2D eigenvalue weighted by Gasteiger charge is 2.40. The van der Waals surface area contributed by atoms with E-state index in [-0.39, 0.29) is 11.8 Å². The van der Waals surface area contributed by atoms with E-state index < -0.39 is 5.60 Å². The first-order valence-electron chi connectivity index (χ1n) is 13.7. The quantitative estimate of drug-likeness (QED) is 0.365. The highest BCUT2D eigenvalue weighted by molar-refractivity contribution is 5.86. The van der Waals surface area contributed by atoms with Crippen LogP contribution in [0.5, 0.6) is 11.5 Å². The third-order valence-electron chi connectivity index (χ3n) is 8.44. The van der Waals surface area contributed by atoms with E-state index >= 15 is 0 Å². The van der Waals surface area contributed by atoms with Crippen LogP contribution in [0.4, 0.5) is 0 Å². The second-order valence-electron chi connectivity index (χ2n) is 11.0. The standard InChI is InChI=1S/C29H46N2O4/c1-6-10-22(23-11-7-8-12-23)13-9-14-25(32)30-17-18-31-28(34)29(5)16-15-24-21(4)26(33)19(2)20(3)27(24)35-29/h22-23,33H,6-18H2,1-5H3,(H,30,32)(H,31,34). The van der Waals surface area contributed by atoms with Crippen LogP contribution in [-0.2, 0) is 16.0 Å². The number of benzene rings is 1. The summed E-state index contributed by atoms with van der Waals surface area (Å²) in [7, 11) is 0. The number of hydrogen-bond acceptors (Lipinski definition) is 4. The summed E-state index contributed by atoms with van der Waals surface area (Å²) in [5, 5.41) is 16.2. The van der Waals surface area contributed by atoms with Crippen molar-refractivity contribution in [2.24, 2.45) is 11.8 Å². The summed E-state index contributed by atoms with van der Waals surface area (Å²) in [6.45, 7) is 10.6. The fourth-order valence-corrected chi connectivity index (χ4v) is 6.00. The summed E-state index contributed by atoms with van der Waals surface area (Å²) in [6.07, 6.45) is 11.9. The van der Waals surface area contributed by atoms with Crippen molar-refractivity contribution < 1.29 is 19.4 Å². The summed E-state index contributed by atoms with van der Waals surface area (Å²) >= 11 is 0. The number of fused-ring (bicyclic) bond motifs is 1. The van der Waals surface area contributed by atoms with Crippen LogP contribution in [0.2, 0.25) is 0 Å². The van der Waals surface area contributed by atoms with E-state index in [1.54, 1.807) is 0 Å². The van der Waals surface area contributed by atoms with Gasteiger partial charge in [-0.3, -0.25) is 9.59 Å². The monoisotopic (exact) mass is 486 g/mol. The Morgan fingerprint density at radius 1 is 1.06 bits per heavy atom. The predicted molar refractivity (Wildman–Crippen MR) is 140 cm³/mol. The second-order valence-corrected chi connectivity index (χ2v) is 11.0. The van der Waals surface area contributed by atoms with E-state index in [0.29, 0.717) is 43.9 Å².